The third kappa shape index (κ3) is 3.40. The third-order valence-corrected chi connectivity index (χ3v) is 7.31. The van der Waals surface area contributed by atoms with E-state index in [1.165, 1.54) is 5.56 Å². The Morgan fingerprint density at radius 1 is 1.17 bits per heavy atom. The SMILES string of the molecule is CC(c1ccc2c(c1)N=CCN2)N1CCN(c2nc3c(s2)C(=O)N(C)CC3)CC1. The molecule has 0 aliphatic carbocycles. The largest absolute Gasteiger partial charge is 0.378 e. The van der Waals surface area contributed by atoms with Crippen molar-refractivity contribution >= 4 is 40.0 Å². The molecule has 1 N–H and O–H groups in total. The maximum Gasteiger partial charge on any atom is 0.265 e. The van der Waals surface area contributed by atoms with Crippen molar-refractivity contribution in [1.29, 1.82) is 0 Å². The number of carbonyl (C=O) groups excluding carboxylic acids is 1. The van der Waals surface area contributed by atoms with Crippen molar-refractivity contribution in [3.8, 4) is 0 Å². The van der Waals surface area contributed by atoms with Gasteiger partial charge in [-0.2, -0.15) is 0 Å². The molecule has 0 saturated carbocycles. The molecule has 4 heterocycles. The van der Waals surface area contributed by atoms with Crippen LogP contribution in [0.2, 0.25) is 0 Å². The van der Waals surface area contributed by atoms with E-state index >= 15 is 0 Å². The number of aliphatic imine (C=N–C) groups is 1. The van der Waals surface area contributed by atoms with Gasteiger partial charge in [0.25, 0.3) is 5.91 Å². The summed E-state index contributed by atoms with van der Waals surface area (Å²) in [5.41, 5.74) is 4.42. The van der Waals surface area contributed by atoms with Gasteiger partial charge in [0.1, 0.15) is 4.88 Å². The molecule has 1 fully saturated rings. The summed E-state index contributed by atoms with van der Waals surface area (Å²) in [5.74, 6) is 0.117. The van der Waals surface area contributed by atoms with Gasteiger partial charge in [0, 0.05) is 58.4 Å². The van der Waals surface area contributed by atoms with Gasteiger partial charge >= 0.3 is 0 Å². The Morgan fingerprint density at radius 2 is 2.00 bits per heavy atom. The highest BCUT2D eigenvalue weighted by Crippen LogP contribution is 2.34. The van der Waals surface area contributed by atoms with Crippen LogP contribution in [0.5, 0.6) is 0 Å². The molecule has 8 heteroatoms. The predicted octanol–water partition coefficient (Wildman–Crippen LogP) is 2.78. The second-order valence-electron chi connectivity index (χ2n) is 7.92. The van der Waals surface area contributed by atoms with Gasteiger partial charge in [-0.15, -0.1) is 0 Å². The van der Waals surface area contributed by atoms with E-state index in [1.54, 1.807) is 16.2 Å². The minimum Gasteiger partial charge on any atom is -0.378 e. The molecule has 152 valence electrons. The van der Waals surface area contributed by atoms with Crippen molar-refractivity contribution in [1.82, 2.24) is 14.8 Å². The van der Waals surface area contributed by atoms with Crippen LogP contribution in [0, 0.1) is 0 Å². The molecule has 1 unspecified atom stereocenters. The van der Waals surface area contributed by atoms with E-state index in [-0.39, 0.29) is 5.91 Å². The van der Waals surface area contributed by atoms with Crippen LogP contribution in [-0.4, -0.2) is 73.2 Å². The number of nitrogens with one attached hydrogen (secondary N) is 1. The van der Waals surface area contributed by atoms with Crippen LogP contribution >= 0.6 is 11.3 Å². The minimum atomic E-state index is 0.117. The fourth-order valence-electron chi connectivity index (χ4n) is 4.24. The lowest BCUT2D eigenvalue weighted by Crippen LogP contribution is -2.47. The quantitative estimate of drug-likeness (QED) is 0.843. The summed E-state index contributed by atoms with van der Waals surface area (Å²) in [5, 5.41) is 4.36. The molecule has 0 bridgehead atoms. The molecule has 7 nitrogen and oxygen atoms in total. The second-order valence-corrected chi connectivity index (χ2v) is 8.89. The Hall–Kier alpha value is -2.45. The van der Waals surface area contributed by atoms with Crippen LogP contribution in [0.3, 0.4) is 0 Å². The molecule has 3 aliphatic rings. The van der Waals surface area contributed by atoms with Crippen LogP contribution in [0.1, 0.15) is 33.9 Å². The lowest BCUT2D eigenvalue weighted by Gasteiger charge is -2.38. The van der Waals surface area contributed by atoms with Gasteiger partial charge in [-0.3, -0.25) is 14.7 Å². The Balaban J connectivity index is 1.26. The lowest BCUT2D eigenvalue weighted by molar-refractivity contribution is 0.0785. The standard InChI is InChI=1S/C21H26N6OS/c1-14(15-3-4-16-18(13-15)23-7-6-22-16)26-9-11-27(12-10-26)21-24-17-5-8-25(2)20(28)19(17)29-21/h3-4,7,13-14,22H,5-6,8-12H2,1-2H3. The summed E-state index contributed by atoms with van der Waals surface area (Å²) < 4.78 is 0. The van der Waals surface area contributed by atoms with E-state index < -0.39 is 0 Å². The van der Waals surface area contributed by atoms with E-state index in [2.05, 4.69) is 45.2 Å². The first-order valence-corrected chi connectivity index (χ1v) is 11.1. The monoisotopic (exact) mass is 410 g/mol. The fourth-order valence-corrected chi connectivity index (χ4v) is 5.39. The summed E-state index contributed by atoms with van der Waals surface area (Å²) in [6.45, 7) is 7.67. The van der Waals surface area contributed by atoms with E-state index in [0.29, 0.717) is 6.04 Å². The Labute approximate surface area is 175 Å². The molecule has 1 aromatic carbocycles. The summed E-state index contributed by atoms with van der Waals surface area (Å²) in [7, 11) is 1.87. The molecule has 1 aromatic heterocycles. The second kappa shape index (κ2) is 7.42. The third-order valence-electron chi connectivity index (χ3n) is 6.16. The number of rotatable bonds is 3. The number of hydrogen-bond donors (Lipinski definition) is 1. The fraction of sp³-hybridized carbons (Fsp3) is 0.476. The van der Waals surface area contributed by atoms with Gasteiger partial charge in [0.15, 0.2) is 5.13 Å². The Bertz CT molecular complexity index is 962. The Morgan fingerprint density at radius 3 is 2.83 bits per heavy atom. The summed E-state index contributed by atoms with van der Waals surface area (Å²) >= 11 is 1.56. The van der Waals surface area contributed by atoms with Crippen molar-refractivity contribution in [3.63, 3.8) is 0 Å². The molecule has 29 heavy (non-hydrogen) atoms. The summed E-state index contributed by atoms with van der Waals surface area (Å²) in [6, 6.07) is 6.90. The number of amides is 1. The predicted molar refractivity (Wildman–Crippen MR) is 118 cm³/mol. The van der Waals surface area contributed by atoms with Crippen LogP contribution in [0.25, 0.3) is 0 Å². The van der Waals surface area contributed by atoms with Gasteiger partial charge in [-0.1, -0.05) is 17.4 Å². The van der Waals surface area contributed by atoms with Crippen LogP contribution < -0.4 is 10.2 Å². The van der Waals surface area contributed by atoms with Crippen molar-refractivity contribution < 1.29 is 4.79 Å². The highest BCUT2D eigenvalue weighted by molar-refractivity contribution is 7.17. The average Bonchev–Trinajstić information content (AvgIpc) is 3.21. The van der Waals surface area contributed by atoms with Gasteiger partial charge in [-0.05, 0) is 24.6 Å². The van der Waals surface area contributed by atoms with Crippen molar-refractivity contribution in [2.24, 2.45) is 4.99 Å². The maximum atomic E-state index is 12.4. The van der Waals surface area contributed by atoms with Crippen LogP contribution in [-0.2, 0) is 6.42 Å². The number of piperazine rings is 1. The van der Waals surface area contributed by atoms with Crippen molar-refractivity contribution in [3.05, 3.63) is 34.3 Å². The molecule has 1 amide bonds. The highest BCUT2D eigenvalue weighted by atomic mass is 32.1. The first-order valence-electron chi connectivity index (χ1n) is 10.2. The molecule has 1 saturated heterocycles. The smallest absolute Gasteiger partial charge is 0.265 e. The molecular formula is C21H26N6OS. The van der Waals surface area contributed by atoms with Crippen molar-refractivity contribution in [2.45, 2.75) is 19.4 Å². The van der Waals surface area contributed by atoms with E-state index in [1.807, 2.05) is 13.3 Å². The molecule has 1 atom stereocenters. The molecule has 2 aromatic rings. The Kier molecular flexibility index (Phi) is 4.75. The normalized spacial score (nSPS) is 20.3. The highest BCUT2D eigenvalue weighted by Gasteiger charge is 2.29. The molecule has 0 spiro atoms. The number of carbonyl (C=O) groups is 1. The minimum absolute atomic E-state index is 0.117. The number of anilines is 2. The van der Waals surface area contributed by atoms with E-state index in [9.17, 15) is 4.79 Å². The number of fused-ring (bicyclic) bond motifs is 2. The number of nitrogens with zero attached hydrogens (tertiary/aromatic N) is 5. The number of aromatic nitrogens is 1. The van der Waals surface area contributed by atoms with Gasteiger partial charge in [-0.25, -0.2) is 4.98 Å². The number of hydrogen-bond acceptors (Lipinski definition) is 7. The lowest BCUT2D eigenvalue weighted by atomic mass is 10.0. The maximum absolute atomic E-state index is 12.4. The zero-order valence-corrected chi connectivity index (χ0v) is 17.7. The van der Waals surface area contributed by atoms with Crippen LogP contribution in [0.15, 0.2) is 23.2 Å². The van der Waals surface area contributed by atoms with Gasteiger partial charge in [0.2, 0.25) is 0 Å². The molecule has 5 rings (SSSR count). The van der Waals surface area contributed by atoms with Gasteiger partial charge < -0.3 is 15.1 Å². The molecular weight excluding hydrogens is 384 g/mol. The number of likely N-dealkylation sites (N-methyl/N-ethyl adjacent to an activating group) is 1. The van der Waals surface area contributed by atoms with E-state index in [4.69, 9.17) is 4.98 Å². The summed E-state index contributed by atoms with van der Waals surface area (Å²) in [6.07, 6.45) is 2.78. The van der Waals surface area contributed by atoms with Crippen molar-refractivity contribution in [2.75, 3.05) is 56.5 Å². The first-order chi connectivity index (χ1) is 14.1. The zero-order valence-electron chi connectivity index (χ0n) is 16.9. The average molecular weight is 411 g/mol. The summed E-state index contributed by atoms with van der Waals surface area (Å²) in [4.78, 5) is 29.2. The molecule has 0 radical (unpaired) electrons. The van der Waals surface area contributed by atoms with E-state index in [0.717, 1.165) is 72.8 Å². The van der Waals surface area contributed by atoms with Gasteiger partial charge in [0.05, 0.1) is 23.6 Å². The number of thiazole rings is 1. The zero-order chi connectivity index (χ0) is 20.0. The number of benzene rings is 1. The first kappa shape index (κ1) is 18.6. The topological polar surface area (TPSA) is 64.1 Å². The van der Waals surface area contributed by atoms with Crippen LogP contribution in [0.4, 0.5) is 16.5 Å². The molecule has 3 aliphatic heterocycles.